The van der Waals surface area contributed by atoms with Gasteiger partial charge in [0.15, 0.2) is 5.96 Å². The number of hydrogen-bond acceptors (Lipinski definition) is 3. The highest BCUT2D eigenvalue weighted by Crippen LogP contribution is 2.42. The lowest BCUT2D eigenvalue weighted by atomic mass is 9.79. The summed E-state index contributed by atoms with van der Waals surface area (Å²) in [4.78, 5) is 4.63. The molecule has 134 valence electrons. The molecule has 0 bridgehead atoms. The van der Waals surface area contributed by atoms with Crippen LogP contribution in [0.2, 0.25) is 0 Å². The fourth-order valence-corrected chi connectivity index (χ4v) is 3.37. The highest BCUT2D eigenvalue weighted by molar-refractivity contribution is 5.77. The van der Waals surface area contributed by atoms with Gasteiger partial charge in [0.25, 0.3) is 0 Å². The summed E-state index contributed by atoms with van der Waals surface area (Å²) in [6, 6.07) is 8.39. The third kappa shape index (κ3) is 5.13. The normalized spacial score (nSPS) is 17.0. The van der Waals surface area contributed by atoms with E-state index < -0.39 is 0 Å². The number of methoxy groups -OCH3 is 1. The molecule has 0 unspecified atom stereocenters. The molecule has 1 aliphatic carbocycles. The SMILES string of the molecule is CCOCCCNC(N)=NCC1(c2cccc(OC)c2)CCCC1. The Bertz CT molecular complexity index is 525. The highest BCUT2D eigenvalue weighted by Gasteiger charge is 2.35. The Morgan fingerprint density at radius 2 is 2.12 bits per heavy atom. The molecule has 0 aromatic heterocycles. The van der Waals surface area contributed by atoms with Gasteiger partial charge < -0.3 is 20.5 Å². The Labute approximate surface area is 145 Å². The number of rotatable bonds is 9. The Kier molecular flexibility index (Phi) is 7.37. The second-order valence-corrected chi connectivity index (χ2v) is 6.40. The number of hydrogen-bond donors (Lipinski definition) is 2. The van der Waals surface area contributed by atoms with Crippen LogP contribution in [0.4, 0.5) is 0 Å². The lowest BCUT2D eigenvalue weighted by Gasteiger charge is -2.28. The molecule has 0 amide bonds. The molecule has 2 rings (SSSR count). The molecule has 0 spiro atoms. The van der Waals surface area contributed by atoms with E-state index in [1.807, 2.05) is 13.0 Å². The van der Waals surface area contributed by atoms with Gasteiger partial charge in [-0.15, -0.1) is 0 Å². The van der Waals surface area contributed by atoms with Crippen LogP contribution in [-0.2, 0) is 10.2 Å². The Morgan fingerprint density at radius 3 is 2.83 bits per heavy atom. The van der Waals surface area contributed by atoms with Crippen molar-refractivity contribution in [2.75, 3.05) is 33.4 Å². The molecule has 1 aromatic rings. The van der Waals surface area contributed by atoms with Crippen molar-refractivity contribution in [3.8, 4) is 5.75 Å². The van der Waals surface area contributed by atoms with Crippen LogP contribution in [0, 0.1) is 0 Å². The van der Waals surface area contributed by atoms with Crippen LogP contribution in [-0.4, -0.2) is 39.4 Å². The Hall–Kier alpha value is -1.75. The highest BCUT2D eigenvalue weighted by atomic mass is 16.5. The van der Waals surface area contributed by atoms with Crippen molar-refractivity contribution in [3.05, 3.63) is 29.8 Å². The first-order valence-corrected chi connectivity index (χ1v) is 8.96. The molecule has 0 aliphatic heterocycles. The Morgan fingerprint density at radius 1 is 1.33 bits per heavy atom. The monoisotopic (exact) mass is 333 g/mol. The van der Waals surface area contributed by atoms with Crippen LogP contribution in [0.15, 0.2) is 29.3 Å². The van der Waals surface area contributed by atoms with E-state index >= 15 is 0 Å². The van der Waals surface area contributed by atoms with E-state index in [1.165, 1.54) is 18.4 Å². The van der Waals surface area contributed by atoms with Crippen molar-refractivity contribution in [2.45, 2.75) is 44.4 Å². The molecule has 24 heavy (non-hydrogen) atoms. The van der Waals surface area contributed by atoms with Gasteiger partial charge >= 0.3 is 0 Å². The van der Waals surface area contributed by atoms with Gasteiger partial charge in [-0.05, 0) is 43.9 Å². The van der Waals surface area contributed by atoms with Crippen molar-refractivity contribution >= 4 is 5.96 Å². The minimum Gasteiger partial charge on any atom is -0.497 e. The first-order valence-electron chi connectivity index (χ1n) is 8.96. The quantitative estimate of drug-likeness (QED) is 0.414. The van der Waals surface area contributed by atoms with Crippen LogP contribution in [0.5, 0.6) is 5.75 Å². The molecule has 1 saturated carbocycles. The second kappa shape index (κ2) is 9.52. The summed E-state index contributed by atoms with van der Waals surface area (Å²) in [7, 11) is 1.71. The largest absolute Gasteiger partial charge is 0.497 e. The molecule has 1 aromatic carbocycles. The minimum absolute atomic E-state index is 0.0894. The molecule has 5 heteroatoms. The molecule has 0 radical (unpaired) electrons. The van der Waals surface area contributed by atoms with E-state index in [-0.39, 0.29) is 5.41 Å². The summed E-state index contributed by atoms with van der Waals surface area (Å²) >= 11 is 0. The topological polar surface area (TPSA) is 68.9 Å². The lowest BCUT2D eigenvalue weighted by molar-refractivity contribution is 0.145. The summed E-state index contributed by atoms with van der Waals surface area (Å²) in [5.74, 6) is 1.44. The lowest BCUT2D eigenvalue weighted by Crippen LogP contribution is -2.35. The maximum atomic E-state index is 6.03. The number of nitrogens with two attached hydrogens (primary N) is 1. The summed E-state index contributed by atoms with van der Waals surface area (Å²) < 4.78 is 10.7. The molecule has 0 atom stereocenters. The van der Waals surface area contributed by atoms with Gasteiger partial charge in [-0.3, -0.25) is 4.99 Å². The van der Waals surface area contributed by atoms with E-state index in [9.17, 15) is 0 Å². The fourth-order valence-electron chi connectivity index (χ4n) is 3.37. The predicted molar refractivity (Wildman–Crippen MR) is 98.7 cm³/mol. The van der Waals surface area contributed by atoms with E-state index in [4.69, 9.17) is 15.2 Å². The van der Waals surface area contributed by atoms with Crippen molar-refractivity contribution < 1.29 is 9.47 Å². The summed E-state index contributed by atoms with van der Waals surface area (Å²) in [6.07, 6.45) is 5.73. The van der Waals surface area contributed by atoms with Gasteiger partial charge in [0.1, 0.15) is 5.75 Å². The first kappa shape index (κ1) is 18.6. The van der Waals surface area contributed by atoms with Gasteiger partial charge in [-0.25, -0.2) is 0 Å². The number of ether oxygens (including phenoxy) is 2. The van der Waals surface area contributed by atoms with Crippen LogP contribution in [0.25, 0.3) is 0 Å². The molecular weight excluding hydrogens is 302 g/mol. The van der Waals surface area contributed by atoms with Gasteiger partial charge in [0, 0.05) is 25.2 Å². The molecule has 1 fully saturated rings. The van der Waals surface area contributed by atoms with Crippen LogP contribution in [0.1, 0.15) is 44.6 Å². The molecular formula is C19H31N3O2. The van der Waals surface area contributed by atoms with Crippen molar-refractivity contribution in [3.63, 3.8) is 0 Å². The zero-order chi connectivity index (χ0) is 17.3. The summed E-state index contributed by atoms with van der Waals surface area (Å²) in [6.45, 7) is 5.03. The van der Waals surface area contributed by atoms with Gasteiger partial charge in [0.2, 0.25) is 0 Å². The van der Waals surface area contributed by atoms with Crippen LogP contribution >= 0.6 is 0 Å². The van der Waals surface area contributed by atoms with Gasteiger partial charge in [-0.2, -0.15) is 0 Å². The zero-order valence-electron chi connectivity index (χ0n) is 15.0. The third-order valence-electron chi connectivity index (χ3n) is 4.77. The molecule has 3 N–H and O–H groups in total. The predicted octanol–water partition coefficient (Wildman–Crippen LogP) is 2.84. The third-order valence-corrected chi connectivity index (χ3v) is 4.77. The van der Waals surface area contributed by atoms with Crippen LogP contribution in [0.3, 0.4) is 0 Å². The minimum atomic E-state index is 0.0894. The van der Waals surface area contributed by atoms with Crippen molar-refractivity contribution in [1.82, 2.24) is 5.32 Å². The van der Waals surface area contributed by atoms with Gasteiger partial charge in [-0.1, -0.05) is 25.0 Å². The van der Waals surface area contributed by atoms with Gasteiger partial charge in [0.05, 0.1) is 13.7 Å². The smallest absolute Gasteiger partial charge is 0.188 e. The number of aliphatic imine (C=N–C) groups is 1. The summed E-state index contributed by atoms with van der Waals surface area (Å²) in [5, 5.41) is 3.18. The molecule has 1 aliphatic rings. The molecule has 0 heterocycles. The number of nitrogens with one attached hydrogen (secondary N) is 1. The average Bonchev–Trinajstić information content (AvgIpc) is 3.10. The van der Waals surface area contributed by atoms with Crippen molar-refractivity contribution in [1.29, 1.82) is 0 Å². The molecule has 0 saturated heterocycles. The average molecular weight is 333 g/mol. The number of guanidine groups is 1. The van der Waals surface area contributed by atoms with Crippen molar-refractivity contribution in [2.24, 2.45) is 10.7 Å². The van der Waals surface area contributed by atoms with E-state index in [2.05, 4.69) is 28.5 Å². The van der Waals surface area contributed by atoms with E-state index in [0.29, 0.717) is 5.96 Å². The number of benzene rings is 1. The maximum absolute atomic E-state index is 6.03. The Balaban J connectivity index is 1.96. The summed E-state index contributed by atoms with van der Waals surface area (Å²) in [5.41, 5.74) is 7.43. The zero-order valence-corrected chi connectivity index (χ0v) is 15.0. The van der Waals surface area contributed by atoms with Crippen LogP contribution < -0.4 is 15.8 Å². The maximum Gasteiger partial charge on any atom is 0.188 e. The second-order valence-electron chi connectivity index (χ2n) is 6.40. The van der Waals surface area contributed by atoms with E-state index in [0.717, 1.165) is 51.3 Å². The fraction of sp³-hybridized carbons (Fsp3) is 0.632. The molecule has 5 nitrogen and oxygen atoms in total. The standard InChI is InChI=1S/C19H31N3O2/c1-3-24-13-7-12-21-18(20)22-15-19(10-4-5-11-19)16-8-6-9-17(14-16)23-2/h6,8-9,14H,3-5,7,10-13,15H2,1-2H3,(H3,20,21,22). The number of nitrogens with zero attached hydrogens (tertiary/aromatic N) is 1. The van der Waals surface area contributed by atoms with E-state index in [1.54, 1.807) is 7.11 Å². The first-order chi connectivity index (χ1) is 11.7.